The number of aromatic hydroxyl groups is 1. The first-order valence-electron chi connectivity index (χ1n) is 2.41. The fraction of sp³-hybridized carbons (Fsp3) is 0. The molecule has 4 nitrogen and oxygen atoms in total. The third kappa shape index (κ3) is 1.66. The van der Waals surface area contributed by atoms with Crippen molar-refractivity contribution in [1.29, 1.82) is 0 Å². The van der Waals surface area contributed by atoms with Crippen molar-refractivity contribution in [3.8, 4) is 5.75 Å². The lowest BCUT2D eigenvalue weighted by molar-refractivity contribution is 0.476. The summed E-state index contributed by atoms with van der Waals surface area (Å²) in [6.07, 6.45) is 0. The van der Waals surface area contributed by atoms with Gasteiger partial charge < -0.3 is 16.6 Å². The topological polar surface area (TPSA) is 85.2 Å². The van der Waals surface area contributed by atoms with Crippen LogP contribution in [-0.2, 0) is 0 Å². The van der Waals surface area contributed by atoms with Gasteiger partial charge in [0.2, 0.25) is 0 Å². The van der Waals surface area contributed by atoms with Crippen LogP contribution in [-0.4, -0.2) is 10.1 Å². The van der Waals surface area contributed by atoms with Crippen molar-refractivity contribution in [2.24, 2.45) is 0 Å². The normalized spacial score (nSPS) is 8.40. The smallest absolute Gasteiger partial charge is 0.168 e. The van der Waals surface area contributed by atoms with Crippen molar-refractivity contribution in [1.82, 2.24) is 4.98 Å². The Kier molecular flexibility index (Phi) is 2.76. The molecule has 1 aromatic rings. The summed E-state index contributed by atoms with van der Waals surface area (Å²) in [6, 6.07) is 2.88. The molecule has 0 aliphatic carbocycles. The van der Waals surface area contributed by atoms with E-state index in [1.165, 1.54) is 12.1 Å². The Balaban J connectivity index is 0.000000810. The SMILES string of the molecule is Cl.Nc1ccc(O)c(N)n1. The zero-order chi connectivity index (χ0) is 6.85. The second kappa shape index (κ2) is 3.12. The number of hydrogen-bond donors (Lipinski definition) is 3. The number of nitrogens with zero attached hydrogens (tertiary/aromatic N) is 1. The highest BCUT2D eigenvalue weighted by molar-refractivity contribution is 5.85. The fourth-order valence-electron chi connectivity index (χ4n) is 0.483. The van der Waals surface area contributed by atoms with Gasteiger partial charge in [0.1, 0.15) is 5.82 Å². The van der Waals surface area contributed by atoms with Crippen LogP contribution in [0.25, 0.3) is 0 Å². The Morgan fingerprint density at radius 2 is 1.90 bits per heavy atom. The molecule has 0 amide bonds. The number of rotatable bonds is 0. The summed E-state index contributed by atoms with van der Waals surface area (Å²) in [6.45, 7) is 0. The monoisotopic (exact) mass is 161 g/mol. The number of aromatic nitrogens is 1. The van der Waals surface area contributed by atoms with Gasteiger partial charge >= 0.3 is 0 Å². The van der Waals surface area contributed by atoms with Gasteiger partial charge in [-0.1, -0.05) is 0 Å². The first-order valence-corrected chi connectivity index (χ1v) is 2.41. The molecule has 0 aliphatic rings. The van der Waals surface area contributed by atoms with Gasteiger partial charge in [-0.3, -0.25) is 0 Å². The van der Waals surface area contributed by atoms with Crippen LogP contribution in [0.15, 0.2) is 12.1 Å². The molecule has 0 radical (unpaired) electrons. The van der Waals surface area contributed by atoms with Crippen molar-refractivity contribution in [2.75, 3.05) is 11.5 Å². The van der Waals surface area contributed by atoms with E-state index in [4.69, 9.17) is 16.6 Å². The Morgan fingerprint density at radius 1 is 1.30 bits per heavy atom. The minimum absolute atomic E-state index is 0. The van der Waals surface area contributed by atoms with Crippen molar-refractivity contribution in [3.63, 3.8) is 0 Å². The van der Waals surface area contributed by atoms with E-state index in [1.54, 1.807) is 0 Å². The van der Waals surface area contributed by atoms with Crippen LogP contribution in [0.5, 0.6) is 5.75 Å². The van der Waals surface area contributed by atoms with E-state index in [1.807, 2.05) is 0 Å². The Hall–Kier alpha value is -1.16. The molecule has 0 saturated carbocycles. The zero-order valence-corrected chi connectivity index (χ0v) is 5.93. The zero-order valence-electron chi connectivity index (χ0n) is 5.11. The van der Waals surface area contributed by atoms with Gasteiger partial charge in [-0.25, -0.2) is 4.98 Å². The second-order valence-corrected chi connectivity index (χ2v) is 1.64. The third-order valence-electron chi connectivity index (χ3n) is 0.924. The summed E-state index contributed by atoms with van der Waals surface area (Å²) in [5.74, 6) is 0.338. The number of pyridine rings is 1. The summed E-state index contributed by atoms with van der Waals surface area (Å²) < 4.78 is 0. The van der Waals surface area contributed by atoms with E-state index >= 15 is 0 Å². The maximum absolute atomic E-state index is 8.80. The van der Waals surface area contributed by atoms with Crippen LogP contribution in [0, 0.1) is 0 Å². The molecule has 0 atom stereocenters. The first kappa shape index (κ1) is 8.84. The van der Waals surface area contributed by atoms with Crippen LogP contribution in [0.3, 0.4) is 0 Å². The van der Waals surface area contributed by atoms with Gasteiger partial charge in [0, 0.05) is 0 Å². The van der Waals surface area contributed by atoms with Gasteiger partial charge in [-0.15, -0.1) is 12.4 Å². The maximum atomic E-state index is 8.80. The standard InChI is InChI=1S/C5H7N3O.ClH/c6-4-2-1-3(9)5(7)8-4;/h1-2,9H,(H4,6,7,8);1H. The molecule has 0 aromatic carbocycles. The first-order chi connectivity index (χ1) is 4.20. The van der Waals surface area contributed by atoms with Crippen LogP contribution < -0.4 is 11.5 Å². The molecule has 0 fully saturated rings. The number of nitrogen functional groups attached to an aromatic ring is 2. The molecular weight excluding hydrogens is 154 g/mol. The van der Waals surface area contributed by atoms with Gasteiger partial charge in [0.05, 0.1) is 0 Å². The summed E-state index contributed by atoms with van der Waals surface area (Å²) in [4.78, 5) is 3.58. The Morgan fingerprint density at radius 3 is 2.30 bits per heavy atom. The van der Waals surface area contributed by atoms with Crippen LogP contribution in [0.4, 0.5) is 11.6 Å². The number of halogens is 1. The van der Waals surface area contributed by atoms with E-state index in [-0.39, 0.29) is 24.0 Å². The predicted octanol–water partition coefficient (Wildman–Crippen LogP) is 0.373. The van der Waals surface area contributed by atoms with Crippen LogP contribution >= 0.6 is 12.4 Å². The highest BCUT2D eigenvalue weighted by atomic mass is 35.5. The lowest BCUT2D eigenvalue weighted by Crippen LogP contribution is -1.94. The predicted molar refractivity (Wildman–Crippen MR) is 42.0 cm³/mol. The lowest BCUT2D eigenvalue weighted by atomic mass is 10.4. The number of nitrogens with two attached hydrogens (primary N) is 2. The lowest BCUT2D eigenvalue weighted by Gasteiger charge is -1.95. The summed E-state index contributed by atoms with van der Waals surface area (Å²) in [5, 5.41) is 8.80. The Labute approximate surface area is 64.3 Å². The highest BCUT2D eigenvalue weighted by Gasteiger charge is 1.94. The molecule has 0 bridgehead atoms. The second-order valence-electron chi connectivity index (χ2n) is 1.64. The van der Waals surface area contributed by atoms with Crippen molar-refractivity contribution in [2.45, 2.75) is 0 Å². The van der Waals surface area contributed by atoms with E-state index in [2.05, 4.69) is 4.98 Å². The third-order valence-corrected chi connectivity index (χ3v) is 0.924. The maximum Gasteiger partial charge on any atom is 0.168 e. The summed E-state index contributed by atoms with van der Waals surface area (Å²) in [5.41, 5.74) is 10.4. The minimum Gasteiger partial charge on any atom is -0.504 e. The van der Waals surface area contributed by atoms with Gasteiger partial charge in [0.25, 0.3) is 0 Å². The van der Waals surface area contributed by atoms with E-state index < -0.39 is 0 Å². The van der Waals surface area contributed by atoms with Gasteiger partial charge in [0.15, 0.2) is 11.6 Å². The molecule has 1 heterocycles. The molecule has 0 aliphatic heterocycles. The van der Waals surface area contributed by atoms with Crippen LogP contribution in [0.1, 0.15) is 0 Å². The molecule has 5 heteroatoms. The molecule has 0 spiro atoms. The molecule has 56 valence electrons. The molecule has 1 rings (SSSR count). The van der Waals surface area contributed by atoms with E-state index in [0.29, 0.717) is 5.82 Å². The van der Waals surface area contributed by atoms with Crippen molar-refractivity contribution in [3.05, 3.63) is 12.1 Å². The largest absolute Gasteiger partial charge is 0.504 e. The van der Waals surface area contributed by atoms with Gasteiger partial charge in [-0.05, 0) is 12.1 Å². The Bertz CT molecular complexity index is 228. The van der Waals surface area contributed by atoms with E-state index in [0.717, 1.165) is 0 Å². The highest BCUT2D eigenvalue weighted by Crippen LogP contribution is 2.16. The average molecular weight is 162 g/mol. The molecule has 0 saturated heterocycles. The molecule has 5 N–H and O–H groups in total. The molecular formula is C5H8ClN3O. The fourth-order valence-corrected chi connectivity index (χ4v) is 0.483. The van der Waals surface area contributed by atoms with E-state index in [9.17, 15) is 0 Å². The average Bonchev–Trinajstić information content (AvgIpc) is 1.80. The minimum atomic E-state index is -0.0378. The van der Waals surface area contributed by atoms with Crippen LogP contribution in [0.2, 0.25) is 0 Å². The van der Waals surface area contributed by atoms with Crippen molar-refractivity contribution < 1.29 is 5.11 Å². The number of anilines is 2. The molecule has 1 aromatic heterocycles. The quantitative estimate of drug-likeness (QED) is 0.513. The van der Waals surface area contributed by atoms with Gasteiger partial charge in [-0.2, -0.15) is 0 Å². The molecule has 10 heavy (non-hydrogen) atoms. The summed E-state index contributed by atoms with van der Waals surface area (Å²) >= 11 is 0. The molecule has 0 unspecified atom stereocenters. The summed E-state index contributed by atoms with van der Waals surface area (Å²) in [7, 11) is 0. The number of hydrogen-bond acceptors (Lipinski definition) is 4. The van der Waals surface area contributed by atoms with Crippen molar-refractivity contribution >= 4 is 24.0 Å².